The highest BCUT2D eigenvalue weighted by molar-refractivity contribution is 6.07. The Morgan fingerprint density at radius 1 is 1.37 bits per heavy atom. The maximum absolute atomic E-state index is 12.4. The Morgan fingerprint density at radius 2 is 2.15 bits per heavy atom. The number of rotatable bonds is 7. The Labute approximate surface area is 157 Å². The minimum Gasteiger partial charge on any atom is -0.356 e. The number of carbonyl (C=O) groups excluding carboxylic acids is 3. The smallest absolute Gasteiger partial charge is 0.318 e. The molecule has 0 saturated carbocycles. The van der Waals surface area contributed by atoms with Gasteiger partial charge in [0.2, 0.25) is 11.9 Å². The van der Waals surface area contributed by atoms with Gasteiger partial charge in [-0.15, -0.1) is 0 Å². The third kappa shape index (κ3) is 6.40. The number of hydrogen-bond acceptors (Lipinski definition) is 8. The molecule has 0 saturated heterocycles. The number of likely N-dealkylation sites (N-methyl/N-ethyl adjacent to an activating group) is 1. The quantitative estimate of drug-likeness (QED) is 0.256. The molecule has 12 nitrogen and oxygen atoms in total. The summed E-state index contributed by atoms with van der Waals surface area (Å²) in [7, 11) is 1.53. The molecule has 0 unspecified atom stereocenters. The second kappa shape index (κ2) is 9.71. The van der Waals surface area contributed by atoms with E-state index < -0.39 is 18.0 Å². The number of guanidine groups is 2. The van der Waals surface area contributed by atoms with Gasteiger partial charge in [0.25, 0.3) is 5.91 Å². The molecule has 2 rings (SSSR count). The van der Waals surface area contributed by atoms with E-state index in [1.807, 2.05) is 0 Å². The molecule has 2 aliphatic heterocycles. The van der Waals surface area contributed by atoms with Gasteiger partial charge in [-0.05, 0) is 12.8 Å². The van der Waals surface area contributed by atoms with Crippen LogP contribution in [0.3, 0.4) is 0 Å². The van der Waals surface area contributed by atoms with Crippen molar-refractivity contribution in [3.8, 4) is 0 Å². The van der Waals surface area contributed by atoms with Crippen molar-refractivity contribution in [1.82, 2.24) is 26.2 Å². The van der Waals surface area contributed by atoms with Gasteiger partial charge in [0.15, 0.2) is 5.96 Å². The predicted octanol–water partition coefficient (Wildman–Crippen LogP) is -2.99. The molecule has 0 aromatic rings. The Bertz CT molecular complexity index is 634. The molecule has 0 spiro atoms. The van der Waals surface area contributed by atoms with Crippen LogP contribution >= 0.6 is 0 Å². The first-order valence-corrected chi connectivity index (χ1v) is 8.82. The normalized spacial score (nSPS) is 19.9. The van der Waals surface area contributed by atoms with Crippen LogP contribution in [0, 0.1) is 0 Å². The van der Waals surface area contributed by atoms with Gasteiger partial charge in [-0.2, -0.15) is 0 Å². The van der Waals surface area contributed by atoms with Crippen molar-refractivity contribution < 1.29 is 14.4 Å². The van der Waals surface area contributed by atoms with Crippen LogP contribution in [-0.2, 0) is 9.59 Å². The van der Waals surface area contributed by atoms with Crippen molar-refractivity contribution in [2.45, 2.75) is 31.3 Å². The average molecular weight is 381 g/mol. The van der Waals surface area contributed by atoms with E-state index in [2.05, 4.69) is 31.3 Å². The van der Waals surface area contributed by atoms with Crippen LogP contribution in [0.4, 0.5) is 4.79 Å². The first-order valence-electron chi connectivity index (χ1n) is 8.82. The first kappa shape index (κ1) is 20.4. The van der Waals surface area contributed by atoms with Crippen LogP contribution in [0.25, 0.3) is 0 Å². The molecule has 2 aliphatic rings. The zero-order valence-corrected chi connectivity index (χ0v) is 15.3. The van der Waals surface area contributed by atoms with Crippen LogP contribution in [0.5, 0.6) is 0 Å². The summed E-state index contributed by atoms with van der Waals surface area (Å²) in [5, 5.41) is 10.9. The van der Waals surface area contributed by atoms with Gasteiger partial charge in [-0.1, -0.05) is 0 Å². The zero-order chi connectivity index (χ0) is 19.8. The molecule has 0 aromatic heterocycles. The largest absolute Gasteiger partial charge is 0.356 e. The van der Waals surface area contributed by atoms with Crippen LogP contribution in [0.15, 0.2) is 9.98 Å². The summed E-state index contributed by atoms with van der Waals surface area (Å²) in [6, 6.07) is -1.88. The molecular weight excluding hydrogens is 354 g/mol. The topological polar surface area (TPSA) is 179 Å². The Kier molecular flexibility index (Phi) is 7.34. The van der Waals surface area contributed by atoms with Crippen molar-refractivity contribution in [1.29, 1.82) is 0 Å². The molecule has 150 valence electrons. The van der Waals surface area contributed by atoms with Crippen LogP contribution in [0.1, 0.15) is 19.3 Å². The number of urea groups is 1. The molecule has 0 aromatic carbocycles. The number of nitrogens with one attached hydrogen (secondary N) is 4. The van der Waals surface area contributed by atoms with Gasteiger partial charge >= 0.3 is 6.03 Å². The highest BCUT2D eigenvalue weighted by atomic mass is 16.2. The zero-order valence-electron chi connectivity index (χ0n) is 15.3. The lowest BCUT2D eigenvalue weighted by atomic mass is 10.1. The summed E-state index contributed by atoms with van der Waals surface area (Å²) in [4.78, 5) is 44.9. The summed E-state index contributed by atoms with van der Waals surface area (Å²) in [6.07, 6.45) is 1.60. The maximum atomic E-state index is 12.4. The maximum Gasteiger partial charge on any atom is 0.318 e. The van der Waals surface area contributed by atoms with E-state index in [-0.39, 0.29) is 30.9 Å². The third-order valence-electron chi connectivity index (χ3n) is 4.22. The molecule has 2 atom stereocenters. The van der Waals surface area contributed by atoms with Crippen molar-refractivity contribution in [2.75, 3.05) is 33.2 Å². The predicted molar refractivity (Wildman–Crippen MR) is 99.9 cm³/mol. The lowest BCUT2D eigenvalue weighted by Gasteiger charge is -2.30. The second-order valence-corrected chi connectivity index (χ2v) is 6.38. The molecule has 0 radical (unpaired) electrons. The summed E-state index contributed by atoms with van der Waals surface area (Å²) >= 11 is 0. The van der Waals surface area contributed by atoms with E-state index in [0.29, 0.717) is 6.42 Å². The summed E-state index contributed by atoms with van der Waals surface area (Å²) in [6.45, 7) is 2.39. The number of nitrogens with zero attached hydrogens (tertiary/aromatic N) is 3. The van der Waals surface area contributed by atoms with Gasteiger partial charge in [0.05, 0.1) is 13.1 Å². The number of primary amides is 1. The van der Waals surface area contributed by atoms with Gasteiger partial charge in [0.1, 0.15) is 6.04 Å². The number of nitrogens with two attached hydrogens (primary N) is 2. The number of aliphatic imine (C=N–C) groups is 2. The summed E-state index contributed by atoms with van der Waals surface area (Å²) in [5.74, 6) is 0.106. The van der Waals surface area contributed by atoms with E-state index in [1.165, 1.54) is 11.9 Å². The van der Waals surface area contributed by atoms with E-state index in [1.54, 1.807) is 0 Å². The molecule has 2 heterocycles. The molecule has 8 N–H and O–H groups in total. The molecule has 12 heteroatoms. The molecule has 0 fully saturated rings. The van der Waals surface area contributed by atoms with E-state index >= 15 is 0 Å². The van der Waals surface area contributed by atoms with Crippen molar-refractivity contribution in [3.05, 3.63) is 0 Å². The fourth-order valence-electron chi connectivity index (χ4n) is 2.72. The Balaban J connectivity index is 1.71. The van der Waals surface area contributed by atoms with E-state index in [4.69, 9.17) is 11.5 Å². The molecular formula is C15H27N9O3. The van der Waals surface area contributed by atoms with Crippen molar-refractivity contribution >= 4 is 29.8 Å². The lowest BCUT2D eigenvalue weighted by Crippen LogP contribution is -2.58. The van der Waals surface area contributed by atoms with Crippen LogP contribution < -0.4 is 32.7 Å². The number of carbonyl (C=O) groups is 3. The fourth-order valence-corrected chi connectivity index (χ4v) is 2.72. The Hall–Kier alpha value is -2.89. The highest BCUT2D eigenvalue weighted by Crippen LogP contribution is 2.08. The SMILES string of the molecule is CN(C(=O)C[C@@H](N)CCCNC1=NCCN1)[C@H]1CN=C(NC(N)=O)NC1=O. The second-order valence-electron chi connectivity index (χ2n) is 6.38. The molecule has 0 aliphatic carbocycles. The number of amides is 4. The first-order chi connectivity index (χ1) is 12.9. The summed E-state index contributed by atoms with van der Waals surface area (Å²) < 4.78 is 0. The lowest BCUT2D eigenvalue weighted by molar-refractivity contribution is -0.138. The minimum atomic E-state index is -0.826. The van der Waals surface area contributed by atoms with E-state index in [9.17, 15) is 14.4 Å². The van der Waals surface area contributed by atoms with Crippen molar-refractivity contribution in [3.63, 3.8) is 0 Å². The third-order valence-corrected chi connectivity index (χ3v) is 4.22. The highest BCUT2D eigenvalue weighted by Gasteiger charge is 2.31. The van der Waals surface area contributed by atoms with Gasteiger partial charge in [-0.25, -0.2) is 9.79 Å². The fraction of sp³-hybridized carbons (Fsp3) is 0.667. The molecule has 0 bridgehead atoms. The van der Waals surface area contributed by atoms with Gasteiger partial charge in [0, 0.05) is 32.6 Å². The minimum absolute atomic E-state index is 0.0184. The molecule has 4 amide bonds. The van der Waals surface area contributed by atoms with Gasteiger partial charge < -0.3 is 27.0 Å². The average Bonchev–Trinajstić information content (AvgIpc) is 3.11. The monoisotopic (exact) mass is 381 g/mol. The molecule has 27 heavy (non-hydrogen) atoms. The Morgan fingerprint density at radius 3 is 2.78 bits per heavy atom. The summed E-state index contributed by atoms with van der Waals surface area (Å²) in [5.41, 5.74) is 11.0. The van der Waals surface area contributed by atoms with Crippen molar-refractivity contribution in [2.24, 2.45) is 21.5 Å². The van der Waals surface area contributed by atoms with E-state index in [0.717, 1.165) is 32.0 Å². The van der Waals surface area contributed by atoms with Gasteiger partial charge in [-0.3, -0.25) is 25.2 Å². The van der Waals surface area contributed by atoms with Crippen LogP contribution in [-0.4, -0.2) is 80.0 Å². The number of hydrogen-bond donors (Lipinski definition) is 6. The van der Waals surface area contributed by atoms with Crippen LogP contribution in [0.2, 0.25) is 0 Å². The standard InChI is InChI=1S/C15H27N9O3/c1-24(10-8-21-15(22-12(10)26)23-13(17)27)11(25)7-9(16)3-2-4-18-14-19-5-6-20-14/h9-10H,2-8,16H2,1H3,(H2,18,19,20)(H4,17,21,22,23,26,27)/t9-,10-/m0/s1.